The number of rotatable bonds is 6. The average molecular weight is 441 g/mol. The zero-order chi connectivity index (χ0) is 20.9. The first-order valence-electron chi connectivity index (χ1n) is 8.93. The number of sulfonamides is 1. The van der Waals surface area contributed by atoms with Crippen LogP contribution in [0.5, 0.6) is 0 Å². The zero-order valence-corrected chi connectivity index (χ0v) is 17.1. The van der Waals surface area contributed by atoms with E-state index in [4.69, 9.17) is 16.0 Å². The van der Waals surface area contributed by atoms with Crippen LogP contribution < -0.4 is 10.6 Å². The van der Waals surface area contributed by atoms with Crippen LogP contribution in [0, 0.1) is 0 Å². The third-order valence-corrected chi connectivity index (χ3v) is 6.57. The van der Waals surface area contributed by atoms with Crippen molar-refractivity contribution in [3.8, 4) is 0 Å². The number of furan rings is 1. The molecule has 3 amide bonds. The fourth-order valence-electron chi connectivity index (χ4n) is 2.88. The minimum absolute atomic E-state index is 0.00298. The number of nitrogens with one attached hydrogen (secondary N) is 2. The van der Waals surface area contributed by atoms with Crippen molar-refractivity contribution in [2.24, 2.45) is 0 Å². The van der Waals surface area contributed by atoms with Crippen molar-refractivity contribution in [1.82, 2.24) is 19.8 Å². The molecular weight excluding hydrogens is 420 g/mol. The van der Waals surface area contributed by atoms with Gasteiger partial charge in [0.05, 0.1) is 24.2 Å². The van der Waals surface area contributed by atoms with Gasteiger partial charge >= 0.3 is 6.03 Å². The van der Waals surface area contributed by atoms with E-state index in [9.17, 15) is 18.0 Å². The number of urea groups is 1. The summed E-state index contributed by atoms with van der Waals surface area (Å²) in [5.41, 5.74) is 0. The van der Waals surface area contributed by atoms with Gasteiger partial charge in [-0.25, -0.2) is 13.2 Å². The average Bonchev–Trinajstić information content (AvgIpc) is 3.21. The minimum Gasteiger partial charge on any atom is -0.467 e. The Labute approximate surface area is 173 Å². The van der Waals surface area contributed by atoms with Gasteiger partial charge in [-0.15, -0.1) is 0 Å². The number of carbonyl (C=O) groups is 2. The maximum atomic E-state index is 12.7. The number of halogens is 1. The first kappa shape index (κ1) is 21.3. The first-order valence-corrected chi connectivity index (χ1v) is 10.7. The molecule has 0 radical (unpaired) electrons. The summed E-state index contributed by atoms with van der Waals surface area (Å²) < 4.78 is 31.8. The van der Waals surface area contributed by atoms with Gasteiger partial charge in [0.1, 0.15) is 5.76 Å². The Kier molecular flexibility index (Phi) is 6.91. The van der Waals surface area contributed by atoms with Gasteiger partial charge < -0.3 is 9.73 Å². The van der Waals surface area contributed by atoms with Crippen LogP contribution in [-0.2, 0) is 21.4 Å². The number of carbonyl (C=O) groups excluding carboxylic acids is 2. The molecule has 0 aliphatic carbocycles. The fourth-order valence-corrected chi connectivity index (χ4v) is 4.43. The second-order valence-electron chi connectivity index (χ2n) is 6.44. The summed E-state index contributed by atoms with van der Waals surface area (Å²) in [7, 11) is -3.60. The van der Waals surface area contributed by atoms with Gasteiger partial charge in [-0.2, -0.15) is 4.31 Å². The van der Waals surface area contributed by atoms with E-state index >= 15 is 0 Å². The Morgan fingerprint density at radius 2 is 1.76 bits per heavy atom. The van der Waals surface area contributed by atoms with Crippen LogP contribution in [0.4, 0.5) is 4.79 Å². The van der Waals surface area contributed by atoms with Crippen LogP contribution in [0.2, 0.25) is 5.02 Å². The second-order valence-corrected chi connectivity index (χ2v) is 8.82. The molecule has 2 aromatic rings. The van der Waals surface area contributed by atoms with Crippen LogP contribution in [0.1, 0.15) is 5.76 Å². The monoisotopic (exact) mass is 440 g/mol. The van der Waals surface area contributed by atoms with Gasteiger partial charge in [0.2, 0.25) is 15.9 Å². The highest BCUT2D eigenvalue weighted by atomic mass is 35.5. The van der Waals surface area contributed by atoms with E-state index < -0.39 is 22.0 Å². The van der Waals surface area contributed by atoms with Gasteiger partial charge in [0.25, 0.3) is 0 Å². The molecule has 2 heterocycles. The topological polar surface area (TPSA) is 112 Å². The second kappa shape index (κ2) is 9.40. The quantitative estimate of drug-likeness (QED) is 0.699. The minimum atomic E-state index is -3.60. The molecule has 0 atom stereocenters. The standard InChI is InChI=1S/C18H21ClN4O5S/c19-14-3-5-16(6-4-14)29(26,27)23-9-7-22(8-10-23)13-17(24)21-18(25)20-12-15-2-1-11-28-15/h1-6,11H,7-10,12-13H2,(H2,20,21,24,25). The number of amides is 3. The maximum Gasteiger partial charge on any atom is 0.321 e. The van der Waals surface area contributed by atoms with Crippen LogP contribution >= 0.6 is 11.6 Å². The molecule has 0 bridgehead atoms. The highest BCUT2D eigenvalue weighted by Crippen LogP contribution is 2.19. The van der Waals surface area contributed by atoms with Gasteiger partial charge in [-0.3, -0.25) is 15.0 Å². The number of benzene rings is 1. The number of imide groups is 1. The van der Waals surface area contributed by atoms with E-state index in [0.717, 1.165) is 0 Å². The van der Waals surface area contributed by atoms with E-state index in [2.05, 4.69) is 10.6 Å². The van der Waals surface area contributed by atoms with E-state index in [1.807, 2.05) is 0 Å². The lowest BCUT2D eigenvalue weighted by atomic mass is 10.3. The fraction of sp³-hybridized carbons (Fsp3) is 0.333. The van der Waals surface area contributed by atoms with Gasteiger partial charge in [0.15, 0.2) is 0 Å². The van der Waals surface area contributed by atoms with Gasteiger partial charge in [-0.05, 0) is 36.4 Å². The lowest BCUT2D eigenvalue weighted by Crippen LogP contribution is -2.52. The lowest BCUT2D eigenvalue weighted by Gasteiger charge is -2.33. The molecule has 0 unspecified atom stereocenters. The first-order chi connectivity index (χ1) is 13.8. The van der Waals surface area contributed by atoms with Crippen molar-refractivity contribution >= 4 is 33.6 Å². The third kappa shape index (κ3) is 5.80. The number of piperazine rings is 1. The van der Waals surface area contributed by atoms with Crippen LogP contribution in [0.25, 0.3) is 0 Å². The number of hydrogen-bond acceptors (Lipinski definition) is 6. The maximum absolute atomic E-state index is 12.7. The molecule has 2 N–H and O–H groups in total. The van der Waals surface area contributed by atoms with Crippen molar-refractivity contribution < 1.29 is 22.4 Å². The summed E-state index contributed by atoms with van der Waals surface area (Å²) in [6.45, 7) is 1.45. The molecule has 0 spiro atoms. The van der Waals surface area contributed by atoms with E-state index in [1.54, 1.807) is 17.0 Å². The summed E-state index contributed by atoms with van der Waals surface area (Å²) in [6, 6.07) is 8.80. The summed E-state index contributed by atoms with van der Waals surface area (Å²) in [4.78, 5) is 25.8. The van der Waals surface area contributed by atoms with Crippen molar-refractivity contribution in [1.29, 1.82) is 0 Å². The Balaban J connectivity index is 1.43. The van der Waals surface area contributed by atoms with Crippen LogP contribution in [0.3, 0.4) is 0 Å². The lowest BCUT2D eigenvalue weighted by molar-refractivity contribution is -0.121. The highest BCUT2D eigenvalue weighted by Gasteiger charge is 2.29. The largest absolute Gasteiger partial charge is 0.467 e. The predicted molar refractivity (Wildman–Crippen MR) is 106 cm³/mol. The zero-order valence-electron chi connectivity index (χ0n) is 15.5. The van der Waals surface area contributed by atoms with E-state index in [-0.39, 0.29) is 31.1 Å². The molecule has 11 heteroatoms. The molecule has 1 aromatic heterocycles. The molecule has 1 aliphatic heterocycles. The van der Waals surface area contributed by atoms with E-state index in [1.165, 1.54) is 34.8 Å². The molecule has 3 rings (SSSR count). The Hall–Kier alpha value is -2.40. The molecular formula is C18H21ClN4O5S. The summed E-state index contributed by atoms with van der Waals surface area (Å²) in [5.74, 6) is 0.113. The SMILES string of the molecule is O=C(CN1CCN(S(=O)(=O)c2ccc(Cl)cc2)CC1)NC(=O)NCc1ccco1. The smallest absolute Gasteiger partial charge is 0.321 e. The Morgan fingerprint density at radius 3 is 2.38 bits per heavy atom. The molecule has 156 valence electrons. The number of nitrogens with zero attached hydrogens (tertiary/aromatic N) is 2. The molecule has 9 nitrogen and oxygen atoms in total. The summed E-state index contributed by atoms with van der Waals surface area (Å²) in [6.07, 6.45) is 1.49. The molecule has 29 heavy (non-hydrogen) atoms. The molecule has 0 saturated carbocycles. The van der Waals surface area contributed by atoms with E-state index in [0.29, 0.717) is 23.9 Å². The van der Waals surface area contributed by atoms with Crippen molar-refractivity contribution in [3.05, 3.63) is 53.4 Å². The Morgan fingerprint density at radius 1 is 1.07 bits per heavy atom. The molecule has 1 aliphatic rings. The highest BCUT2D eigenvalue weighted by molar-refractivity contribution is 7.89. The number of hydrogen-bond donors (Lipinski definition) is 2. The summed E-state index contributed by atoms with van der Waals surface area (Å²) >= 11 is 5.81. The van der Waals surface area contributed by atoms with Crippen molar-refractivity contribution in [2.75, 3.05) is 32.7 Å². The van der Waals surface area contributed by atoms with Crippen molar-refractivity contribution in [3.63, 3.8) is 0 Å². The Bertz CT molecular complexity index is 939. The molecule has 1 fully saturated rings. The predicted octanol–water partition coefficient (Wildman–Crippen LogP) is 1.27. The normalized spacial score (nSPS) is 15.8. The van der Waals surface area contributed by atoms with Crippen molar-refractivity contribution in [2.45, 2.75) is 11.4 Å². The van der Waals surface area contributed by atoms with Gasteiger partial charge in [-0.1, -0.05) is 11.6 Å². The molecule has 1 saturated heterocycles. The summed E-state index contributed by atoms with van der Waals surface area (Å²) in [5, 5.41) is 5.23. The van der Waals surface area contributed by atoms with Crippen LogP contribution in [-0.4, -0.2) is 62.3 Å². The van der Waals surface area contributed by atoms with Gasteiger partial charge in [0, 0.05) is 31.2 Å². The molecule has 1 aromatic carbocycles. The van der Waals surface area contributed by atoms with Crippen LogP contribution in [0.15, 0.2) is 52.0 Å². The third-order valence-electron chi connectivity index (χ3n) is 4.41.